The number of rotatable bonds is 1. The fourth-order valence-electron chi connectivity index (χ4n) is 1.58. The Morgan fingerprint density at radius 3 is 2.47 bits per heavy atom. The van der Waals surface area contributed by atoms with Crippen molar-refractivity contribution in [1.29, 1.82) is 0 Å². The summed E-state index contributed by atoms with van der Waals surface area (Å²) in [7, 11) is 0. The molecule has 0 amide bonds. The smallest absolute Gasteiger partial charge is 0.377 e. The van der Waals surface area contributed by atoms with E-state index in [0.717, 1.165) is 0 Å². The second kappa shape index (κ2) is 3.11. The summed E-state index contributed by atoms with van der Waals surface area (Å²) in [6, 6.07) is 0. The molecular formula is C9H12O6. The van der Waals surface area contributed by atoms with E-state index in [1.54, 1.807) is 13.8 Å². The van der Waals surface area contributed by atoms with Crippen LogP contribution in [-0.4, -0.2) is 40.8 Å². The van der Waals surface area contributed by atoms with E-state index in [1.807, 2.05) is 0 Å². The Balaban J connectivity index is 2.12. The van der Waals surface area contributed by atoms with Crippen molar-refractivity contribution < 1.29 is 29.2 Å². The third-order valence-electron chi connectivity index (χ3n) is 2.31. The maximum Gasteiger partial charge on any atom is 0.377 e. The zero-order valence-corrected chi connectivity index (χ0v) is 8.39. The number of cyclic esters (lactones) is 1. The van der Waals surface area contributed by atoms with Crippen molar-refractivity contribution in [2.24, 2.45) is 0 Å². The van der Waals surface area contributed by atoms with E-state index in [4.69, 9.17) is 19.3 Å². The lowest BCUT2D eigenvalue weighted by molar-refractivity contribution is -0.163. The average molecular weight is 216 g/mol. The van der Waals surface area contributed by atoms with E-state index in [1.165, 1.54) is 0 Å². The Morgan fingerprint density at radius 1 is 1.40 bits per heavy atom. The van der Waals surface area contributed by atoms with Gasteiger partial charge in [-0.3, -0.25) is 0 Å². The summed E-state index contributed by atoms with van der Waals surface area (Å²) >= 11 is 0. The molecule has 2 N–H and O–H groups in total. The van der Waals surface area contributed by atoms with Gasteiger partial charge in [-0.05, 0) is 13.8 Å². The molecule has 1 unspecified atom stereocenters. The van der Waals surface area contributed by atoms with Crippen LogP contribution in [0.1, 0.15) is 13.8 Å². The van der Waals surface area contributed by atoms with Crippen LogP contribution in [0.25, 0.3) is 0 Å². The fourth-order valence-corrected chi connectivity index (χ4v) is 1.58. The van der Waals surface area contributed by atoms with Gasteiger partial charge in [-0.15, -0.1) is 0 Å². The number of aliphatic hydroxyl groups excluding tert-OH is 2. The minimum absolute atomic E-state index is 0.197. The standard InChI is InChI=1S/C9H12O6/c1-9(2)13-3-4(15-9)7-5(10)6(11)8(12)14-7/h4,7,10-11H,3H2,1-2H3/t4-,7?/m0/s1. The molecule has 2 rings (SSSR count). The zero-order chi connectivity index (χ0) is 11.2. The highest BCUT2D eigenvalue weighted by atomic mass is 16.8. The topological polar surface area (TPSA) is 85.2 Å². The zero-order valence-electron chi connectivity index (χ0n) is 8.39. The second-order valence-electron chi connectivity index (χ2n) is 3.93. The number of ether oxygens (including phenoxy) is 3. The summed E-state index contributed by atoms with van der Waals surface area (Å²) in [6.07, 6.45) is -1.56. The van der Waals surface area contributed by atoms with Crippen LogP contribution in [0.3, 0.4) is 0 Å². The number of carbonyl (C=O) groups excluding carboxylic acids is 1. The third-order valence-corrected chi connectivity index (χ3v) is 2.31. The van der Waals surface area contributed by atoms with E-state index in [0.29, 0.717) is 0 Å². The van der Waals surface area contributed by atoms with Crippen LogP contribution < -0.4 is 0 Å². The molecule has 6 nitrogen and oxygen atoms in total. The molecule has 0 spiro atoms. The molecule has 15 heavy (non-hydrogen) atoms. The Hall–Kier alpha value is -1.27. The monoisotopic (exact) mass is 216 g/mol. The van der Waals surface area contributed by atoms with Crippen molar-refractivity contribution in [3.8, 4) is 0 Å². The predicted molar refractivity (Wildman–Crippen MR) is 47.1 cm³/mol. The minimum Gasteiger partial charge on any atom is -0.505 e. The van der Waals surface area contributed by atoms with Gasteiger partial charge in [-0.1, -0.05) is 0 Å². The Bertz CT molecular complexity index is 331. The van der Waals surface area contributed by atoms with E-state index in [9.17, 15) is 9.90 Å². The van der Waals surface area contributed by atoms with Crippen LogP contribution in [0.4, 0.5) is 0 Å². The molecular weight excluding hydrogens is 204 g/mol. The average Bonchev–Trinajstić information content (AvgIpc) is 2.62. The van der Waals surface area contributed by atoms with Crippen molar-refractivity contribution in [1.82, 2.24) is 0 Å². The second-order valence-corrected chi connectivity index (χ2v) is 3.93. The van der Waals surface area contributed by atoms with Crippen LogP contribution >= 0.6 is 0 Å². The van der Waals surface area contributed by atoms with Gasteiger partial charge in [0, 0.05) is 0 Å². The van der Waals surface area contributed by atoms with Gasteiger partial charge in [0.2, 0.25) is 5.76 Å². The highest BCUT2D eigenvalue weighted by Crippen LogP contribution is 2.31. The van der Waals surface area contributed by atoms with Crippen LogP contribution in [0.5, 0.6) is 0 Å². The Kier molecular flexibility index (Phi) is 2.13. The number of esters is 1. The molecule has 0 aliphatic carbocycles. The predicted octanol–water partition coefficient (Wildman–Crippen LogP) is 0.391. The SMILES string of the molecule is CC1(C)OC[C@@H](C2OC(=O)C(O)=C2O)O1. The van der Waals surface area contributed by atoms with Gasteiger partial charge in [-0.2, -0.15) is 0 Å². The molecule has 6 heteroatoms. The van der Waals surface area contributed by atoms with Crippen molar-refractivity contribution >= 4 is 5.97 Å². The number of hydrogen-bond acceptors (Lipinski definition) is 6. The van der Waals surface area contributed by atoms with Crippen molar-refractivity contribution in [2.75, 3.05) is 6.61 Å². The number of carbonyl (C=O) groups is 1. The molecule has 0 aromatic carbocycles. The van der Waals surface area contributed by atoms with Crippen molar-refractivity contribution in [3.05, 3.63) is 11.5 Å². The number of aliphatic hydroxyl groups is 2. The molecule has 0 aromatic rings. The third kappa shape index (κ3) is 1.66. The van der Waals surface area contributed by atoms with Gasteiger partial charge in [0.15, 0.2) is 17.7 Å². The highest BCUT2D eigenvalue weighted by Gasteiger charge is 2.46. The largest absolute Gasteiger partial charge is 0.505 e. The van der Waals surface area contributed by atoms with Gasteiger partial charge in [0.25, 0.3) is 0 Å². The Morgan fingerprint density at radius 2 is 2.07 bits per heavy atom. The molecule has 2 atom stereocenters. The van der Waals surface area contributed by atoms with Gasteiger partial charge in [0.1, 0.15) is 6.10 Å². The first-order chi connectivity index (χ1) is 6.91. The summed E-state index contributed by atoms with van der Waals surface area (Å²) in [5.41, 5.74) is 0. The van der Waals surface area contributed by atoms with E-state index >= 15 is 0 Å². The van der Waals surface area contributed by atoms with Gasteiger partial charge < -0.3 is 24.4 Å². The molecule has 2 heterocycles. The lowest BCUT2D eigenvalue weighted by atomic mass is 10.2. The molecule has 2 aliphatic heterocycles. The molecule has 84 valence electrons. The molecule has 2 aliphatic rings. The molecule has 0 aromatic heterocycles. The highest BCUT2D eigenvalue weighted by molar-refractivity contribution is 5.89. The lowest BCUT2D eigenvalue weighted by Crippen LogP contribution is -2.32. The van der Waals surface area contributed by atoms with Crippen molar-refractivity contribution in [3.63, 3.8) is 0 Å². The van der Waals surface area contributed by atoms with Crippen LogP contribution in [-0.2, 0) is 19.0 Å². The summed E-state index contributed by atoms with van der Waals surface area (Å²) in [5, 5.41) is 18.5. The van der Waals surface area contributed by atoms with Crippen LogP contribution in [0.2, 0.25) is 0 Å². The molecule has 0 radical (unpaired) electrons. The minimum atomic E-state index is -0.973. The quantitative estimate of drug-likeness (QED) is 0.617. The van der Waals surface area contributed by atoms with E-state index < -0.39 is 35.5 Å². The van der Waals surface area contributed by atoms with Gasteiger partial charge in [0.05, 0.1) is 6.61 Å². The van der Waals surface area contributed by atoms with Gasteiger partial charge >= 0.3 is 5.97 Å². The molecule has 1 fully saturated rings. The first-order valence-electron chi connectivity index (χ1n) is 4.55. The summed E-state index contributed by atoms with van der Waals surface area (Å²) < 4.78 is 15.4. The summed E-state index contributed by atoms with van der Waals surface area (Å²) in [4.78, 5) is 10.9. The maximum absolute atomic E-state index is 10.9. The molecule has 0 saturated carbocycles. The maximum atomic E-state index is 10.9. The summed E-state index contributed by atoms with van der Waals surface area (Å²) in [5.74, 6) is -2.96. The molecule has 0 bridgehead atoms. The first-order valence-corrected chi connectivity index (χ1v) is 4.55. The van der Waals surface area contributed by atoms with E-state index in [2.05, 4.69) is 0 Å². The van der Waals surface area contributed by atoms with Crippen LogP contribution in [0, 0.1) is 0 Å². The van der Waals surface area contributed by atoms with Crippen LogP contribution in [0.15, 0.2) is 11.5 Å². The first kappa shape index (κ1) is 10.3. The lowest BCUT2D eigenvalue weighted by Gasteiger charge is -2.19. The number of hydrogen-bond donors (Lipinski definition) is 2. The van der Waals surface area contributed by atoms with Gasteiger partial charge in [-0.25, -0.2) is 4.79 Å². The van der Waals surface area contributed by atoms with Crippen molar-refractivity contribution in [2.45, 2.75) is 31.8 Å². The normalized spacial score (nSPS) is 34.7. The summed E-state index contributed by atoms with van der Waals surface area (Å²) in [6.45, 7) is 3.62. The molecule has 1 saturated heterocycles. The Labute approximate surface area is 86.0 Å². The fraction of sp³-hybridized carbons (Fsp3) is 0.667. The van der Waals surface area contributed by atoms with E-state index in [-0.39, 0.29) is 6.61 Å².